The molecule has 4 heteroatoms. The van der Waals surface area contributed by atoms with Gasteiger partial charge in [0.05, 0.1) is 0 Å². The molecule has 0 saturated carbocycles. The fourth-order valence-electron chi connectivity index (χ4n) is 0. The van der Waals surface area contributed by atoms with Crippen LogP contribution in [0.2, 0.25) is 0 Å². The number of aliphatic hydroxyl groups is 2. The van der Waals surface area contributed by atoms with Gasteiger partial charge in [-0.1, -0.05) is 0 Å². The Kier molecular flexibility index (Phi) is 102. The van der Waals surface area contributed by atoms with Gasteiger partial charge in [0.2, 0.25) is 0 Å². The summed E-state index contributed by atoms with van der Waals surface area (Å²) in [5.74, 6) is 0. The van der Waals surface area contributed by atoms with Gasteiger partial charge in [-0.15, -0.1) is 0 Å². The van der Waals surface area contributed by atoms with Gasteiger partial charge in [-0.25, -0.2) is 0 Å². The Balaban J connectivity index is -0.0000000483. The molecule has 0 amide bonds. The van der Waals surface area contributed by atoms with Gasteiger partial charge in [0.25, 0.3) is 0 Å². The molecule has 0 aliphatic carbocycles. The Labute approximate surface area is 61.5 Å². The van der Waals surface area contributed by atoms with E-state index in [0.29, 0.717) is 0 Å². The summed E-state index contributed by atoms with van der Waals surface area (Å²) < 4.78 is 8.25. The van der Waals surface area contributed by atoms with Crippen molar-refractivity contribution in [3.05, 3.63) is 0 Å². The Hall–Kier alpha value is 0.434. The molecule has 0 saturated heterocycles. The molecular formula is C4H12O3Ti. The first-order valence-electron chi connectivity index (χ1n) is 2.25. The molecule has 0 aromatic heterocycles. The molecule has 0 aromatic carbocycles. The van der Waals surface area contributed by atoms with Gasteiger partial charge >= 0.3 is 23.7 Å². The molecule has 0 atom stereocenters. The van der Waals surface area contributed by atoms with Crippen LogP contribution in [0.3, 0.4) is 0 Å². The van der Waals surface area contributed by atoms with Crippen molar-refractivity contribution in [3.63, 3.8) is 0 Å². The van der Waals surface area contributed by atoms with Gasteiger partial charge in [-0.3, -0.25) is 0 Å². The normalized spacial score (nSPS) is 4.88. The average Bonchev–Trinajstić information content (AvgIpc) is 1.75. The molecule has 2 N–H and O–H groups in total. The zero-order chi connectivity index (χ0) is 7.41. The second-order valence-corrected chi connectivity index (χ2v) is 0.632. The van der Waals surface area contributed by atoms with Gasteiger partial charge in [0.1, 0.15) is 0 Å². The van der Waals surface area contributed by atoms with Crippen molar-refractivity contribution in [1.29, 1.82) is 0 Å². The van der Waals surface area contributed by atoms with E-state index in [9.17, 15) is 0 Å². The van der Waals surface area contributed by atoms with Crippen LogP contribution in [0.15, 0.2) is 0 Å². The summed E-state index contributed by atoms with van der Waals surface area (Å²) >= 11 is 0.750. The molecule has 0 fully saturated rings. The molecule has 0 aromatic rings. The monoisotopic (exact) mass is 156 g/mol. The third kappa shape index (κ3) is 1010. The van der Waals surface area contributed by atoms with Crippen LogP contribution in [0, 0.1) is 0 Å². The molecule has 8 heavy (non-hydrogen) atoms. The molecule has 0 rings (SSSR count). The molecule has 0 aliphatic heterocycles. The Bertz CT molecular complexity index is 18.8. The first-order chi connectivity index (χ1) is 3.83. The summed E-state index contributed by atoms with van der Waals surface area (Å²) in [5, 5.41) is 15.1. The predicted molar refractivity (Wildman–Crippen MR) is 26.2 cm³/mol. The summed E-state index contributed by atoms with van der Waals surface area (Å²) in [6.45, 7) is 3.86. The van der Waals surface area contributed by atoms with Crippen LogP contribution in [0.1, 0.15) is 13.8 Å². The third-order valence-electron chi connectivity index (χ3n) is 0. The van der Waals surface area contributed by atoms with E-state index in [1.807, 2.05) is 0 Å². The molecule has 0 aliphatic rings. The van der Waals surface area contributed by atoms with Crippen LogP contribution in [-0.2, 0) is 23.7 Å². The second kappa shape index (κ2) is 51.9. The van der Waals surface area contributed by atoms with Crippen LogP contribution >= 0.6 is 0 Å². The molecular weight excluding hydrogens is 144 g/mol. The van der Waals surface area contributed by atoms with E-state index in [1.165, 1.54) is 0 Å². The van der Waals surface area contributed by atoms with Crippen molar-refractivity contribution in [3.8, 4) is 0 Å². The SMILES string of the molecule is CCO.CCO.[O]=[Ti]. The maximum atomic E-state index is 8.25. The van der Waals surface area contributed by atoms with Gasteiger partial charge in [0, 0.05) is 13.2 Å². The number of rotatable bonds is 0. The molecule has 50 valence electrons. The maximum absolute atomic E-state index is 8.25. The fraction of sp³-hybridized carbons (Fsp3) is 1.00. The number of hydrogen-bond donors (Lipinski definition) is 2. The van der Waals surface area contributed by atoms with Gasteiger partial charge in [-0.05, 0) is 13.8 Å². The van der Waals surface area contributed by atoms with Crippen molar-refractivity contribution >= 4 is 0 Å². The van der Waals surface area contributed by atoms with Crippen molar-refractivity contribution in [1.82, 2.24) is 0 Å². The van der Waals surface area contributed by atoms with E-state index in [1.54, 1.807) is 13.8 Å². The Morgan fingerprint density at radius 3 is 1.12 bits per heavy atom. The third-order valence-corrected chi connectivity index (χ3v) is 0. The quantitative estimate of drug-likeness (QED) is 0.480. The minimum atomic E-state index is 0.250. The molecule has 0 bridgehead atoms. The van der Waals surface area contributed by atoms with Gasteiger partial charge in [-0.2, -0.15) is 0 Å². The van der Waals surface area contributed by atoms with E-state index >= 15 is 0 Å². The zero-order valence-electron chi connectivity index (χ0n) is 5.22. The van der Waals surface area contributed by atoms with E-state index in [0.717, 1.165) is 20.4 Å². The summed E-state index contributed by atoms with van der Waals surface area (Å²) in [4.78, 5) is 0. The van der Waals surface area contributed by atoms with Crippen molar-refractivity contribution < 1.29 is 33.9 Å². The van der Waals surface area contributed by atoms with Crippen molar-refractivity contribution in [2.24, 2.45) is 0 Å². The molecule has 0 unspecified atom stereocenters. The van der Waals surface area contributed by atoms with Crippen LogP contribution in [0.4, 0.5) is 0 Å². The van der Waals surface area contributed by atoms with E-state index < -0.39 is 0 Å². The van der Waals surface area contributed by atoms with Crippen molar-refractivity contribution in [2.45, 2.75) is 13.8 Å². The average molecular weight is 156 g/mol. The summed E-state index contributed by atoms with van der Waals surface area (Å²) in [6.07, 6.45) is 0. The first-order valence-corrected chi connectivity index (χ1v) is 2.89. The second-order valence-electron chi connectivity index (χ2n) is 0.632. The van der Waals surface area contributed by atoms with Crippen LogP contribution < -0.4 is 0 Å². The topological polar surface area (TPSA) is 57.5 Å². The predicted octanol–water partition coefficient (Wildman–Crippen LogP) is -0.124. The molecule has 0 radical (unpaired) electrons. The van der Waals surface area contributed by atoms with Crippen LogP contribution in [-0.4, -0.2) is 23.4 Å². The van der Waals surface area contributed by atoms with E-state index in [4.69, 9.17) is 13.5 Å². The van der Waals surface area contributed by atoms with Crippen molar-refractivity contribution in [2.75, 3.05) is 13.2 Å². The number of aliphatic hydroxyl groups excluding tert-OH is 2. The fourth-order valence-corrected chi connectivity index (χ4v) is 0. The standard InChI is InChI=1S/2C2H6O.O.Ti/c2*1-2-3;;/h2*3H,2H2,1H3;;. The molecule has 0 spiro atoms. The van der Waals surface area contributed by atoms with Gasteiger partial charge in [0.15, 0.2) is 0 Å². The van der Waals surface area contributed by atoms with Crippen LogP contribution in [0.25, 0.3) is 0 Å². The Morgan fingerprint density at radius 1 is 1.12 bits per heavy atom. The molecule has 0 heterocycles. The summed E-state index contributed by atoms with van der Waals surface area (Å²) in [5.41, 5.74) is 0. The first kappa shape index (κ1) is 15.8. The zero-order valence-corrected chi connectivity index (χ0v) is 6.78. The summed E-state index contributed by atoms with van der Waals surface area (Å²) in [7, 11) is 0. The molecule has 3 nitrogen and oxygen atoms in total. The number of hydrogen-bond acceptors (Lipinski definition) is 3. The minimum absolute atomic E-state index is 0.250. The van der Waals surface area contributed by atoms with Gasteiger partial charge < -0.3 is 10.2 Å². The van der Waals surface area contributed by atoms with Crippen LogP contribution in [0.5, 0.6) is 0 Å². The summed E-state index contributed by atoms with van der Waals surface area (Å²) in [6, 6.07) is 0. The van der Waals surface area contributed by atoms with E-state index in [-0.39, 0.29) is 13.2 Å². The Morgan fingerprint density at radius 2 is 1.12 bits per heavy atom. The van der Waals surface area contributed by atoms with E-state index in [2.05, 4.69) is 0 Å².